The summed E-state index contributed by atoms with van der Waals surface area (Å²) in [4.78, 5) is 11.8. The van der Waals surface area contributed by atoms with Crippen molar-refractivity contribution >= 4 is 17.5 Å². The molecule has 2 aromatic rings. The van der Waals surface area contributed by atoms with Gasteiger partial charge in [0.2, 0.25) is 11.7 Å². The van der Waals surface area contributed by atoms with Crippen LogP contribution in [0, 0.1) is 0 Å². The molecule has 0 aliphatic heterocycles. The quantitative estimate of drug-likeness (QED) is 0.841. The van der Waals surface area contributed by atoms with Crippen molar-refractivity contribution in [1.82, 2.24) is 20.2 Å². The zero-order chi connectivity index (χ0) is 11.5. The van der Waals surface area contributed by atoms with Crippen LogP contribution in [0.25, 0.3) is 11.4 Å². The molecule has 0 radical (unpaired) electrons. The van der Waals surface area contributed by atoms with Gasteiger partial charge in [0.05, 0.1) is 5.02 Å². The van der Waals surface area contributed by atoms with Gasteiger partial charge in [-0.3, -0.25) is 4.79 Å². The normalized spacial score (nSPS) is 10.3. The molecule has 82 valence electrons. The molecule has 2 rings (SSSR count). The second-order valence-electron chi connectivity index (χ2n) is 3.09. The number of primary amides is 1. The topological polar surface area (TPSA) is 86.7 Å². The molecule has 0 bridgehead atoms. The highest BCUT2D eigenvalue weighted by Crippen LogP contribution is 2.23. The lowest BCUT2D eigenvalue weighted by Crippen LogP contribution is -2.20. The molecule has 0 atom stereocenters. The first-order chi connectivity index (χ1) is 7.66. The van der Waals surface area contributed by atoms with Gasteiger partial charge in [-0.2, -0.15) is 4.80 Å². The molecular formula is C9H8ClN5O. The van der Waals surface area contributed by atoms with Gasteiger partial charge in [-0.25, -0.2) is 0 Å². The Morgan fingerprint density at radius 1 is 1.44 bits per heavy atom. The number of carbonyl (C=O) groups is 1. The molecule has 0 aliphatic carbocycles. The molecule has 1 aromatic heterocycles. The Labute approximate surface area is 96.0 Å². The number of tetrazole rings is 1. The fraction of sp³-hybridized carbons (Fsp3) is 0.111. The summed E-state index contributed by atoms with van der Waals surface area (Å²) < 4.78 is 0. The largest absolute Gasteiger partial charge is 0.368 e. The molecule has 16 heavy (non-hydrogen) atoms. The molecule has 6 nitrogen and oxygen atoms in total. The molecule has 1 heterocycles. The van der Waals surface area contributed by atoms with E-state index < -0.39 is 5.91 Å². The van der Waals surface area contributed by atoms with Crippen molar-refractivity contribution < 1.29 is 4.79 Å². The maximum atomic E-state index is 10.6. The van der Waals surface area contributed by atoms with E-state index in [0.717, 1.165) is 4.80 Å². The Morgan fingerprint density at radius 2 is 2.19 bits per heavy atom. The van der Waals surface area contributed by atoms with Crippen LogP contribution in [0.1, 0.15) is 0 Å². The number of halogens is 1. The van der Waals surface area contributed by atoms with Gasteiger partial charge in [-0.15, -0.1) is 10.2 Å². The van der Waals surface area contributed by atoms with Crippen LogP contribution in [-0.4, -0.2) is 26.1 Å². The standard InChI is InChI=1S/C9H8ClN5O/c10-7-4-2-1-3-6(7)9-12-14-15(13-9)5-8(11)16/h1-4H,5H2,(H2,11,16). The first-order valence-corrected chi connectivity index (χ1v) is 4.85. The Morgan fingerprint density at radius 3 is 2.88 bits per heavy atom. The number of rotatable bonds is 3. The second-order valence-corrected chi connectivity index (χ2v) is 3.50. The number of aromatic nitrogens is 4. The van der Waals surface area contributed by atoms with E-state index in [1.165, 1.54) is 0 Å². The van der Waals surface area contributed by atoms with Crippen LogP contribution in [0.15, 0.2) is 24.3 Å². The third-order valence-electron chi connectivity index (χ3n) is 1.86. The number of amides is 1. The lowest BCUT2D eigenvalue weighted by Gasteiger charge is -1.96. The average Bonchev–Trinajstić information content (AvgIpc) is 2.66. The molecule has 7 heteroatoms. The third-order valence-corrected chi connectivity index (χ3v) is 2.19. The minimum Gasteiger partial charge on any atom is -0.368 e. The fourth-order valence-electron chi connectivity index (χ4n) is 1.20. The third kappa shape index (κ3) is 2.17. The number of hydrogen-bond acceptors (Lipinski definition) is 4. The van der Waals surface area contributed by atoms with Gasteiger partial charge in [-0.05, 0) is 17.3 Å². The van der Waals surface area contributed by atoms with Crippen LogP contribution in [0.2, 0.25) is 5.02 Å². The fourth-order valence-corrected chi connectivity index (χ4v) is 1.42. The van der Waals surface area contributed by atoms with Crippen LogP contribution in [0.4, 0.5) is 0 Å². The van der Waals surface area contributed by atoms with E-state index in [0.29, 0.717) is 16.4 Å². The van der Waals surface area contributed by atoms with Crippen LogP contribution in [0.5, 0.6) is 0 Å². The van der Waals surface area contributed by atoms with Crippen molar-refractivity contribution in [3.05, 3.63) is 29.3 Å². The van der Waals surface area contributed by atoms with Crippen molar-refractivity contribution in [1.29, 1.82) is 0 Å². The van der Waals surface area contributed by atoms with Crippen molar-refractivity contribution in [3.8, 4) is 11.4 Å². The van der Waals surface area contributed by atoms with Gasteiger partial charge in [0.25, 0.3) is 0 Å². The van der Waals surface area contributed by atoms with E-state index in [4.69, 9.17) is 17.3 Å². The van der Waals surface area contributed by atoms with Crippen LogP contribution in [-0.2, 0) is 11.3 Å². The molecule has 0 saturated carbocycles. The molecular weight excluding hydrogens is 230 g/mol. The van der Waals surface area contributed by atoms with Gasteiger partial charge in [-0.1, -0.05) is 23.7 Å². The van der Waals surface area contributed by atoms with Crippen molar-refractivity contribution in [3.63, 3.8) is 0 Å². The second kappa shape index (κ2) is 4.28. The molecule has 0 unspecified atom stereocenters. The van der Waals surface area contributed by atoms with Crippen molar-refractivity contribution in [2.24, 2.45) is 5.73 Å². The predicted octanol–water partition coefficient (Wildman–Crippen LogP) is 0.479. The zero-order valence-electron chi connectivity index (χ0n) is 8.17. The molecule has 0 saturated heterocycles. The summed E-state index contributed by atoms with van der Waals surface area (Å²) in [5, 5.41) is 12.0. The van der Waals surface area contributed by atoms with E-state index in [-0.39, 0.29) is 6.54 Å². The highest BCUT2D eigenvalue weighted by molar-refractivity contribution is 6.33. The maximum Gasteiger partial charge on any atom is 0.241 e. The molecule has 0 spiro atoms. The van der Waals surface area contributed by atoms with E-state index in [9.17, 15) is 4.79 Å². The zero-order valence-corrected chi connectivity index (χ0v) is 8.92. The molecule has 2 N–H and O–H groups in total. The Bertz CT molecular complexity index is 524. The average molecular weight is 238 g/mol. The molecule has 1 aromatic carbocycles. The highest BCUT2D eigenvalue weighted by Gasteiger charge is 2.09. The van der Waals surface area contributed by atoms with Crippen LogP contribution >= 0.6 is 11.6 Å². The molecule has 0 aliphatic rings. The summed E-state index contributed by atoms with van der Waals surface area (Å²) in [5.74, 6) is -0.157. The van der Waals surface area contributed by atoms with Crippen molar-refractivity contribution in [2.45, 2.75) is 6.54 Å². The summed E-state index contributed by atoms with van der Waals surface area (Å²) in [6, 6.07) is 7.12. The summed E-state index contributed by atoms with van der Waals surface area (Å²) >= 11 is 5.97. The van der Waals surface area contributed by atoms with Crippen molar-refractivity contribution in [2.75, 3.05) is 0 Å². The summed E-state index contributed by atoms with van der Waals surface area (Å²) in [6.45, 7) is -0.0997. The highest BCUT2D eigenvalue weighted by atomic mass is 35.5. The van der Waals surface area contributed by atoms with E-state index in [1.54, 1.807) is 18.2 Å². The maximum absolute atomic E-state index is 10.6. The Hall–Kier alpha value is -1.95. The Kier molecular flexibility index (Phi) is 2.82. The number of nitrogens with zero attached hydrogens (tertiary/aromatic N) is 4. The monoisotopic (exact) mass is 237 g/mol. The minimum atomic E-state index is -0.525. The minimum absolute atomic E-state index is 0.0997. The van der Waals surface area contributed by atoms with E-state index in [2.05, 4.69) is 15.4 Å². The number of benzene rings is 1. The van der Waals surface area contributed by atoms with Crippen LogP contribution in [0.3, 0.4) is 0 Å². The summed E-state index contributed by atoms with van der Waals surface area (Å²) in [7, 11) is 0. The Balaban J connectivity index is 2.32. The smallest absolute Gasteiger partial charge is 0.241 e. The van der Waals surface area contributed by atoms with Gasteiger partial charge < -0.3 is 5.73 Å². The summed E-state index contributed by atoms with van der Waals surface area (Å²) in [5.41, 5.74) is 5.68. The SMILES string of the molecule is NC(=O)Cn1nnc(-c2ccccc2Cl)n1. The van der Waals surface area contributed by atoms with Gasteiger partial charge in [0.15, 0.2) is 0 Å². The van der Waals surface area contributed by atoms with Crippen LogP contribution < -0.4 is 5.73 Å². The number of carbonyl (C=O) groups excluding carboxylic acids is 1. The van der Waals surface area contributed by atoms with Gasteiger partial charge in [0.1, 0.15) is 6.54 Å². The van der Waals surface area contributed by atoms with E-state index in [1.807, 2.05) is 6.07 Å². The van der Waals surface area contributed by atoms with Gasteiger partial charge in [0, 0.05) is 5.56 Å². The van der Waals surface area contributed by atoms with E-state index >= 15 is 0 Å². The number of nitrogens with two attached hydrogens (primary N) is 1. The summed E-state index contributed by atoms with van der Waals surface area (Å²) in [6.07, 6.45) is 0. The molecule has 1 amide bonds. The predicted molar refractivity (Wildman–Crippen MR) is 57.5 cm³/mol. The number of hydrogen-bond donors (Lipinski definition) is 1. The van der Waals surface area contributed by atoms with Gasteiger partial charge >= 0.3 is 0 Å². The lowest BCUT2D eigenvalue weighted by atomic mass is 10.2. The molecule has 0 fully saturated rings. The first-order valence-electron chi connectivity index (χ1n) is 4.48. The lowest BCUT2D eigenvalue weighted by molar-refractivity contribution is -0.118. The first kappa shape index (κ1) is 10.6.